The van der Waals surface area contributed by atoms with E-state index >= 15 is 0 Å². The quantitative estimate of drug-likeness (QED) is 0.782. The summed E-state index contributed by atoms with van der Waals surface area (Å²) < 4.78 is 27.0. The molecule has 144 valence electrons. The monoisotopic (exact) mass is 386 g/mol. The van der Waals surface area contributed by atoms with E-state index in [4.69, 9.17) is 0 Å². The van der Waals surface area contributed by atoms with Gasteiger partial charge in [-0.2, -0.15) is 4.31 Å². The Balaban J connectivity index is 1.80. The fourth-order valence-electron chi connectivity index (χ4n) is 3.46. The van der Waals surface area contributed by atoms with Crippen molar-refractivity contribution < 1.29 is 13.2 Å². The van der Waals surface area contributed by atoms with Crippen LogP contribution in [0.25, 0.3) is 0 Å². The molecule has 5 nitrogen and oxygen atoms in total. The molecule has 1 fully saturated rings. The molecule has 27 heavy (non-hydrogen) atoms. The van der Waals surface area contributed by atoms with Crippen molar-refractivity contribution in [1.82, 2.24) is 4.31 Å². The number of carbonyl (C=O) groups excluding carboxylic acids is 1. The first kappa shape index (κ1) is 19.6. The summed E-state index contributed by atoms with van der Waals surface area (Å²) in [6, 6.07) is 16.2. The maximum Gasteiger partial charge on any atom is 0.243 e. The zero-order valence-corrected chi connectivity index (χ0v) is 16.4. The van der Waals surface area contributed by atoms with Crippen molar-refractivity contribution in [2.75, 3.05) is 18.4 Å². The summed E-state index contributed by atoms with van der Waals surface area (Å²) >= 11 is 0. The van der Waals surface area contributed by atoms with E-state index in [9.17, 15) is 13.2 Å². The average Bonchev–Trinajstić information content (AvgIpc) is 3.22. The third kappa shape index (κ3) is 4.57. The van der Waals surface area contributed by atoms with Crippen LogP contribution in [0.4, 0.5) is 5.69 Å². The number of amides is 1. The topological polar surface area (TPSA) is 66.5 Å². The van der Waals surface area contributed by atoms with Gasteiger partial charge in [-0.15, -0.1) is 0 Å². The molecular weight excluding hydrogens is 360 g/mol. The number of nitrogens with one attached hydrogen (secondary N) is 1. The van der Waals surface area contributed by atoms with Gasteiger partial charge < -0.3 is 5.32 Å². The summed E-state index contributed by atoms with van der Waals surface area (Å²) in [5, 5.41) is 2.91. The summed E-state index contributed by atoms with van der Waals surface area (Å²) in [6.45, 7) is 3.17. The van der Waals surface area contributed by atoms with Crippen LogP contribution in [0, 0.1) is 0 Å². The summed E-state index contributed by atoms with van der Waals surface area (Å²) in [6.07, 6.45) is 3.41. The van der Waals surface area contributed by atoms with Crippen molar-refractivity contribution in [3.63, 3.8) is 0 Å². The first-order chi connectivity index (χ1) is 13.0. The Hall–Kier alpha value is -2.18. The maximum absolute atomic E-state index is 12.8. The first-order valence-corrected chi connectivity index (χ1v) is 10.9. The molecule has 6 heteroatoms. The smallest absolute Gasteiger partial charge is 0.243 e. The molecule has 0 saturated carbocycles. The molecule has 3 rings (SSSR count). The maximum atomic E-state index is 12.8. The number of carbonyl (C=O) groups is 1. The van der Waals surface area contributed by atoms with E-state index in [0.29, 0.717) is 18.8 Å². The lowest BCUT2D eigenvalue weighted by molar-refractivity contribution is -0.117. The normalized spacial score (nSPS) is 16.2. The first-order valence-electron chi connectivity index (χ1n) is 9.48. The van der Waals surface area contributed by atoms with E-state index in [2.05, 4.69) is 5.32 Å². The van der Waals surface area contributed by atoms with Gasteiger partial charge >= 0.3 is 0 Å². The summed E-state index contributed by atoms with van der Waals surface area (Å²) in [4.78, 5) is 13.1. The van der Waals surface area contributed by atoms with Crippen molar-refractivity contribution in [2.24, 2.45) is 0 Å². The van der Waals surface area contributed by atoms with E-state index in [1.54, 1.807) is 24.3 Å². The molecule has 1 amide bonds. The lowest BCUT2D eigenvalue weighted by Gasteiger charge is -2.18. The third-order valence-electron chi connectivity index (χ3n) is 4.90. The zero-order chi connectivity index (χ0) is 19.3. The number of rotatable bonds is 7. The van der Waals surface area contributed by atoms with Gasteiger partial charge in [-0.1, -0.05) is 49.7 Å². The van der Waals surface area contributed by atoms with Crippen LogP contribution in [-0.2, 0) is 14.8 Å². The fourth-order valence-corrected chi connectivity index (χ4v) is 5.03. The molecular formula is C21H26N2O3S. The van der Waals surface area contributed by atoms with Crippen molar-refractivity contribution in [2.45, 2.75) is 43.4 Å². The zero-order valence-electron chi connectivity index (χ0n) is 15.6. The van der Waals surface area contributed by atoms with Crippen molar-refractivity contribution in [3.05, 3.63) is 60.2 Å². The van der Waals surface area contributed by atoms with Crippen molar-refractivity contribution in [3.8, 4) is 0 Å². The van der Waals surface area contributed by atoms with Gasteiger partial charge in [0.1, 0.15) is 0 Å². The predicted molar refractivity (Wildman–Crippen MR) is 107 cm³/mol. The summed E-state index contributed by atoms with van der Waals surface area (Å²) in [7, 11) is -3.50. The summed E-state index contributed by atoms with van der Waals surface area (Å²) in [5.41, 5.74) is 1.48. The minimum absolute atomic E-state index is 0.112. The Labute approximate surface area is 161 Å². The SMILES string of the molecule is CCC[C@@H](C(=O)Nc1cccc(S(=O)(=O)N2CCCC2)c1)c1ccccc1. The highest BCUT2D eigenvalue weighted by Gasteiger charge is 2.27. The van der Waals surface area contributed by atoms with Crippen LogP contribution in [0.3, 0.4) is 0 Å². The lowest BCUT2D eigenvalue weighted by Crippen LogP contribution is -2.28. The molecule has 1 N–H and O–H groups in total. The van der Waals surface area contributed by atoms with Gasteiger partial charge in [0.25, 0.3) is 0 Å². The number of anilines is 1. The minimum Gasteiger partial charge on any atom is -0.326 e. The van der Waals surface area contributed by atoms with Crippen LogP contribution >= 0.6 is 0 Å². The molecule has 1 aliphatic heterocycles. The number of hydrogen-bond acceptors (Lipinski definition) is 3. The van der Waals surface area contributed by atoms with Crippen LogP contribution in [0.2, 0.25) is 0 Å². The standard InChI is InChI=1S/C21H26N2O3S/c1-2-9-20(17-10-4-3-5-11-17)21(24)22-18-12-8-13-19(16-18)27(25,26)23-14-6-7-15-23/h3-5,8,10-13,16,20H,2,6-7,9,14-15H2,1H3,(H,22,24)/t20-/m1/s1. The molecule has 1 saturated heterocycles. The largest absolute Gasteiger partial charge is 0.326 e. The number of sulfonamides is 1. The van der Waals surface area contributed by atoms with E-state index < -0.39 is 10.0 Å². The Kier molecular flexibility index (Phi) is 6.29. The highest BCUT2D eigenvalue weighted by Crippen LogP contribution is 2.26. The number of benzene rings is 2. The molecule has 2 aromatic carbocycles. The Morgan fingerprint density at radius 1 is 1.07 bits per heavy atom. The highest BCUT2D eigenvalue weighted by molar-refractivity contribution is 7.89. The molecule has 0 aromatic heterocycles. The van der Waals surface area contributed by atoms with E-state index in [1.165, 1.54) is 4.31 Å². The van der Waals surface area contributed by atoms with E-state index in [-0.39, 0.29) is 16.7 Å². The predicted octanol–water partition coefficient (Wildman–Crippen LogP) is 3.99. The molecule has 0 aliphatic carbocycles. The van der Waals surface area contributed by atoms with Crippen molar-refractivity contribution >= 4 is 21.6 Å². The highest BCUT2D eigenvalue weighted by atomic mass is 32.2. The lowest BCUT2D eigenvalue weighted by atomic mass is 9.93. The molecule has 1 heterocycles. The van der Waals surface area contributed by atoms with Gasteiger partial charge in [0.15, 0.2) is 0 Å². The third-order valence-corrected chi connectivity index (χ3v) is 6.79. The van der Waals surface area contributed by atoms with Crippen molar-refractivity contribution in [1.29, 1.82) is 0 Å². The average molecular weight is 387 g/mol. The van der Waals surface area contributed by atoms with Crippen LogP contribution in [0.15, 0.2) is 59.5 Å². The van der Waals surface area contributed by atoms with Crippen LogP contribution in [0.1, 0.15) is 44.1 Å². The molecule has 0 bridgehead atoms. The van der Waals surface area contributed by atoms with Crippen LogP contribution in [-0.4, -0.2) is 31.7 Å². The van der Waals surface area contributed by atoms with Gasteiger partial charge in [0.2, 0.25) is 15.9 Å². The number of nitrogens with zero attached hydrogens (tertiary/aromatic N) is 1. The number of hydrogen-bond donors (Lipinski definition) is 1. The van der Waals surface area contributed by atoms with Gasteiger partial charge in [0, 0.05) is 18.8 Å². The molecule has 0 unspecified atom stereocenters. The second-order valence-electron chi connectivity index (χ2n) is 6.88. The van der Waals surface area contributed by atoms with Gasteiger partial charge in [-0.3, -0.25) is 4.79 Å². The summed E-state index contributed by atoms with van der Waals surface area (Å²) in [5.74, 6) is -0.367. The van der Waals surface area contributed by atoms with Gasteiger partial charge in [-0.05, 0) is 43.0 Å². The van der Waals surface area contributed by atoms with Gasteiger partial charge in [-0.25, -0.2) is 8.42 Å². The Morgan fingerprint density at radius 2 is 1.78 bits per heavy atom. The van der Waals surface area contributed by atoms with E-state index in [0.717, 1.165) is 31.2 Å². The van der Waals surface area contributed by atoms with Crippen LogP contribution in [0.5, 0.6) is 0 Å². The molecule has 1 atom stereocenters. The Bertz CT molecular complexity index is 875. The Morgan fingerprint density at radius 3 is 2.44 bits per heavy atom. The van der Waals surface area contributed by atoms with E-state index in [1.807, 2.05) is 37.3 Å². The molecule has 1 aliphatic rings. The fraction of sp³-hybridized carbons (Fsp3) is 0.381. The second kappa shape index (κ2) is 8.67. The van der Waals surface area contributed by atoms with Gasteiger partial charge in [0.05, 0.1) is 10.8 Å². The molecule has 0 radical (unpaired) electrons. The minimum atomic E-state index is -3.50. The van der Waals surface area contributed by atoms with Crippen LogP contribution < -0.4 is 5.32 Å². The molecule has 2 aromatic rings. The second-order valence-corrected chi connectivity index (χ2v) is 8.82. The molecule has 0 spiro atoms.